The van der Waals surface area contributed by atoms with Gasteiger partial charge in [-0.05, 0) is 75.8 Å². The zero-order valence-electron chi connectivity index (χ0n) is 29.3. The minimum atomic E-state index is 0.696. The third-order valence-corrected chi connectivity index (χ3v) is 9.44. The van der Waals surface area contributed by atoms with E-state index >= 15 is 0 Å². The molecule has 0 atom stereocenters. The molecule has 0 N–H and O–H groups in total. The molecule has 0 amide bonds. The lowest BCUT2D eigenvalue weighted by Crippen LogP contribution is -1.97. The van der Waals surface area contributed by atoms with Crippen molar-refractivity contribution in [2.75, 3.05) is 0 Å². The average molecular weight is 692 g/mol. The van der Waals surface area contributed by atoms with E-state index in [9.17, 15) is 0 Å². The zero-order valence-corrected chi connectivity index (χ0v) is 29.3. The summed E-state index contributed by atoms with van der Waals surface area (Å²) in [6.45, 7) is 0. The summed E-state index contributed by atoms with van der Waals surface area (Å²) in [7, 11) is 0. The van der Waals surface area contributed by atoms with Gasteiger partial charge in [0, 0.05) is 29.1 Å². The molecular formula is C49H33N5. The third kappa shape index (κ3) is 6.82. The summed E-state index contributed by atoms with van der Waals surface area (Å²) >= 11 is 0. The number of hydrogen-bond acceptors (Lipinski definition) is 5. The van der Waals surface area contributed by atoms with Gasteiger partial charge in [0.15, 0.2) is 5.82 Å². The van der Waals surface area contributed by atoms with Crippen LogP contribution in [-0.4, -0.2) is 24.9 Å². The fourth-order valence-corrected chi connectivity index (χ4v) is 6.71. The number of nitrogens with zero attached hydrogens (tertiary/aromatic N) is 5. The summed E-state index contributed by atoms with van der Waals surface area (Å²) < 4.78 is 0. The maximum atomic E-state index is 5.11. The first-order valence-corrected chi connectivity index (χ1v) is 17.9. The van der Waals surface area contributed by atoms with E-state index in [4.69, 9.17) is 19.9 Å². The van der Waals surface area contributed by atoms with Crippen LogP contribution in [0.1, 0.15) is 0 Å². The van der Waals surface area contributed by atoms with Crippen LogP contribution in [0.2, 0.25) is 0 Å². The lowest BCUT2D eigenvalue weighted by Gasteiger charge is -2.13. The highest BCUT2D eigenvalue weighted by Gasteiger charge is 2.15. The minimum Gasteiger partial charge on any atom is -0.255 e. The van der Waals surface area contributed by atoms with Crippen LogP contribution in [0, 0.1) is 0 Å². The van der Waals surface area contributed by atoms with Crippen molar-refractivity contribution < 1.29 is 0 Å². The molecule has 0 saturated carbocycles. The lowest BCUT2D eigenvalue weighted by atomic mass is 9.94. The van der Waals surface area contributed by atoms with Crippen molar-refractivity contribution in [3.63, 3.8) is 0 Å². The summed E-state index contributed by atoms with van der Waals surface area (Å²) in [6, 6.07) is 64.3. The molecular weight excluding hydrogens is 659 g/mol. The normalized spacial score (nSPS) is 11.0. The first-order chi connectivity index (χ1) is 26.7. The van der Waals surface area contributed by atoms with Crippen LogP contribution in [0.3, 0.4) is 0 Å². The molecule has 0 fully saturated rings. The van der Waals surface area contributed by atoms with E-state index in [0.717, 1.165) is 84.2 Å². The number of hydrogen-bond donors (Lipinski definition) is 0. The largest absolute Gasteiger partial charge is 0.255 e. The molecule has 5 nitrogen and oxygen atoms in total. The molecule has 54 heavy (non-hydrogen) atoms. The number of benzene rings is 5. The van der Waals surface area contributed by atoms with Gasteiger partial charge >= 0.3 is 0 Å². The highest BCUT2D eigenvalue weighted by Crippen LogP contribution is 2.36. The van der Waals surface area contributed by atoms with E-state index in [0.29, 0.717) is 5.82 Å². The molecule has 0 aliphatic heterocycles. The van der Waals surface area contributed by atoms with Crippen LogP contribution in [0.5, 0.6) is 0 Å². The van der Waals surface area contributed by atoms with Crippen LogP contribution < -0.4 is 0 Å². The van der Waals surface area contributed by atoms with Crippen LogP contribution in [0.15, 0.2) is 200 Å². The molecule has 4 heterocycles. The van der Waals surface area contributed by atoms with Crippen molar-refractivity contribution >= 4 is 0 Å². The molecule has 0 bridgehead atoms. The van der Waals surface area contributed by atoms with Crippen molar-refractivity contribution in [1.29, 1.82) is 0 Å². The van der Waals surface area contributed by atoms with Gasteiger partial charge in [0.1, 0.15) is 0 Å². The number of rotatable bonds is 8. The summed E-state index contributed by atoms with van der Waals surface area (Å²) in [5.41, 5.74) is 14.5. The molecule has 0 spiro atoms. The molecule has 5 aromatic carbocycles. The van der Waals surface area contributed by atoms with Gasteiger partial charge in [0.25, 0.3) is 0 Å². The second kappa shape index (κ2) is 14.7. The highest BCUT2D eigenvalue weighted by molar-refractivity contribution is 5.85. The summed E-state index contributed by atoms with van der Waals surface area (Å²) in [5, 5.41) is 0. The van der Waals surface area contributed by atoms with Gasteiger partial charge in [-0.3, -0.25) is 9.97 Å². The Bertz CT molecular complexity index is 2560. The van der Waals surface area contributed by atoms with Crippen molar-refractivity contribution in [2.24, 2.45) is 0 Å². The van der Waals surface area contributed by atoms with Crippen molar-refractivity contribution in [3.05, 3.63) is 200 Å². The highest BCUT2D eigenvalue weighted by atomic mass is 14.9. The van der Waals surface area contributed by atoms with Gasteiger partial charge in [-0.25, -0.2) is 15.0 Å². The van der Waals surface area contributed by atoms with Crippen LogP contribution >= 0.6 is 0 Å². The monoisotopic (exact) mass is 691 g/mol. The Morgan fingerprint density at radius 1 is 0.241 bits per heavy atom. The van der Waals surface area contributed by atoms with Gasteiger partial charge in [0.2, 0.25) is 0 Å². The second-order valence-electron chi connectivity index (χ2n) is 13.0. The van der Waals surface area contributed by atoms with Crippen molar-refractivity contribution in [2.45, 2.75) is 0 Å². The Balaban J connectivity index is 1.08. The predicted molar refractivity (Wildman–Crippen MR) is 219 cm³/mol. The van der Waals surface area contributed by atoms with Gasteiger partial charge in [-0.2, -0.15) is 0 Å². The van der Waals surface area contributed by atoms with Crippen LogP contribution in [0.4, 0.5) is 0 Å². The molecule has 4 aromatic heterocycles. The van der Waals surface area contributed by atoms with E-state index in [1.54, 1.807) is 6.20 Å². The fourth-order valence-electron chi connectivity index (χ4n) is 6.71. The summed E-state index contributed by atoms with van der Waals surface area (Å²) in [5.74, 6) is 0.696. The molecule has 254 valence electrons. The smallest absolute Gasteiger partial charge is 0.160 e. The van der Waals surface area contributed by atoms with E-state index in [1.807, 2.05) is 85.1 Å². The molecule has 0 aliphatic carbocycles. The third-order valence-electron chi connectivity index (χ3n) is 9.44. The predicted octanol–water partition coefficient (Wildman–Crippen LogP) is 12.0. The molecule has 0 radical (unpaired) electrons. The SMILES string of the molecule is c1ccc(-c2cc(-c3ccccn3)nc(-c3cc(-c4ccc(-c5ccccc5-c5cc(-c6ccccc6)nc(-c6ccccc6)n5)cc4)ccn3)c2)cc1. The Hall–Kier alpha value is -7.37. The first-order valence-electron chi connectivity index (χ1n) is 17.9. The van der Waals surface area contributed by atoms with Gasteiger partial charge in [0.05, 0.1) is 34.2 Å². The quantitative estimate of drug-likeness (QED) is 0.159. The minimum absolute atomic E-state index is 0.696. The Kier molecular flexibility index (Phi) is 8.86. The molecule has 9 aromatic rings. The van der Waals surface area contributed by atoms with E-state index in [-0.39, 0.29) is 0 Å². The lowest BCUT2D eigenvalue weighted by molar-refractivity contribution is 1.18. The van der Waals surface area contributed by atoms with E-state index < -0.39 is 0 Å². The van der Waals surface area contributed by atoms with Gasteiger partial charge in [-0.1, -0.05) is 146 Å². The van der Waals surface area contributed by atoms with Gasteiger partial charge < -0.3 is 0 Å². The Morgan fingerprint density at radius 3 is 1.48 bits per heavy atom. The molecule has 9 rings (SSSR count). The number of pyridine rings is 3. The zero-order chi connectivity index (χ0) is 36.1. The fraction of sp³-hybridized carbons (Fsp3) is 0. The van der Waals surface area contributed by atoms with Crippen molar-refractivity contribution in [1.82, 2.24) is 24.9 Å². The first kappa shape index (κ1) is 32.5. The molecule has 5 heteroatoms. The maximum Gasteiger partial charge on any atom is 0.160 e. The Labute approximate surface area is 314 Å². The average Bonchev–Trinajstić information content (AvgIpc) is 3.27. The van der Waals surface area contributed by atoms with Crippen LogP contribution in [-0.2, 0) is 0 Å². The van der Waals surface area contributed by atoms with Crippen molar-refractivity contribution in [3.8, 4) is 90.1 Å². The topological polar surface area (TPSA) is 64.5 Å². The standard InChI is InChI=1S/C49H33N5/c1-4-14-34(15-5-1)40-31-47(43-22-12-13-28-50-43)52-48(32-40)46-30-39(27-29-51-46)35-23-25-36(26-24-35)41-20-10-11-21-42(41)45-33-44(37-16-6-2-7-17-37)53-49(54-45)38-18-8-3-9-19-38/h1-33H. The summed E-state index contributed by atoms with van der Waals surface area (Å²) in [6.07, 6.45) is 3.65. The number of aromatic nitrogens is 5. The molecule has 0 saturated heterocycles. The van der Waals surface area contributed by atoms with E-state index in [1.165, 1.54) is 0 Å². The Morgan fingerprint density at radius 2 is 0.778 bits per heavy atom. The summed E-state index contributed by atoms with van der Waals surface area (Å²) in [4.78, 5) is 24.5. The molecule has 0 unspecified atom stereocenters. The van der Waals surface area contributed by atoms with Crippen LogP contribution in [0.25, 0.3) is 90.1 Å². The second-order valence-corrected chi connectivity index (χ2v) is 13.0. The molecule has 0 aliphatic rings. The maximum absolute atomic E-state index is 5.11. The van der Waals surface area contributed by atoms with E-state index in [2.05, 4.69) is 114 Å². The van der Waals surface area contributed by atoms with Gasteiger partial charge in [-0.15, -0.1) is 0 Å².